The fraction of sp³-hybridized carbons (Fsp3) is 0.100. The van der Waals surface area contributed by atoms with Crippen molar-refractivity contribution in [1.82, 2.24) is 15.0 Å². The molecule has 3 heteroatoms. The van der Waals surface area contributed by atoms with E-state index in [0.717, 1.165) is 23.1 Å². The van der Waals surface area contributed by atoms with E-state index in [-0.39, 0.29) is 12.8 Å². The van der Waals surface area contributed by atoms with Crippen LogP contribution in [-0.2, 0) is 11.8 Å². The van der Waals surface area contributed by atoms with Crippen molar-refractivity contribution in [3.8, 4) is 78.7 Å². The monoisotopic (exact) mass is 681 g/mol. The van der Waals surface area contributed by atoms with Gasteiger partial charge in [-0.1, -0.05) is 179 Å². The van der Waals surface area contributed by atoms with Gasteiger partial charge in [-0.05, 0) is 72.8 Å². The van der Waals surface area contributed by atoms with E-state index in [1.54, 1.807) is 0 Å². The van der Waals surface area contributed by atoms with E-state index >= 15 is 0 Å². The molecule has 254 valence electrons. The molecule has 3 nitrogen and oxygen atoms in total. The Hall–Kier alpha value is -6.45. The van der Waals surface area contributed by atoms with Crippen LogP contribution in [0, 0.1) is 0 Å². The maximum absolute atomic E-state index is 5.25. The zero-order valence-corrected chi connectivity index (χ0v) is 29.1. The lowest BCUT2D eigenvalue weighted by molar-refractivity contribution is 0.660. The fourth-order valence-corrected chi connectivity index (χ4v) is 8.39. The topological polar surface area (TPSA) is 38.7 Å². The van der Waals surface area contributed by atoms with Gasteiger partial charge in [-0.15, -0.1) is 0 Å². The van der Waals surface area contributed by atoms with Gasteiger partial charge in [0.25, 0.3) is 0 Å². The molecule has 0 N–H and O–H groups in total. The van der Waals surface area contributed by atoms with Gasteiger partial charge in [0.1, 0.15) is 0 Å². The summed E-state index contributed by atoms with van der Waals surface area (Å²) in [5.41, 5.74) is 18.2. The van der Waals surface area contributed by atoms with Crippen LogP contribution in [0.4, 0.5) is 0 Å². The van der Waals surface area contributed by atoms with Gasteiger partial charge >= 0.3 is 0 Å². The molecule has 2 aliphatic rings. The average molecular weight is 682 g/mol. The third kappa shape index (κ3) is 5.31. The maximum Gasteiger partial charge on any atom is 0.164 e. The molecule has 1 heterocycles. The molecule has 0 saturated heterocycles. The summed E-state index contributed by atoms with van der Waals surface area (Å²) in [5.74, 6) is 2.05. The van der Waals surface area contributed by atoms with E-state index in [2.05, 4.69) is 159 Å². The molecule has 0 saturated carbocycles. The van der Waals surface area contributed by atoms with E-state index in [0.29, 0.717) is 17.5 Å². The van der Waals surface area contributed by atoms with Gasteiger partial charge < -0.3 is 0 Å². The highest BCUT2D eigenvalue weighted by molar-refractivity contribution is 5.89. The van der Waals surface area contributed by atoms with Crippen molar-refractivity contribution < 1.29 is 0 Å². The molecule has 0 unspecified atom stereocenters. The summed E-state index contributed by atoms with van der Waals surface area (Å²) in [5, 5.41) is 0. The molecule has 1 aromatic heterocycles. The summed E-state index contributed by atoms with van der Waals surface area (Å²) in [4.78, 5) is 15.5. The van der Waals surface area contributed by atoms with Crippen molar-refractivity contribution in [1.29, 1.82) is 0 Å². The second-order valence-electron chi connectivity index (χ2n) is 14.4. The zero-order valence-electron chi connectivity index (χ0n) is 29.1. The van der Waals surface area contributed by atoms with Gasteiger partial charge in [-0.3, -0.25) is 0 Å². The Kier molecular flexibility index (Phi) is 7.74. The standard InChI is InChI=1S/C49H35N3.CH4/c1-49(2)44-22-10-9-17-39(44)43-29-35(27-28-45(43)49)47-50-46(34-15-7-4-8-16-34)51-48(52-47)40-21-12-20-38-37-19-11-18-36(41(37)30-42(38)40)33-25-23-32(24-26-33)31-13-5-3-6-14-31;/h3-29H,30H2,1-2H3;1H4. The highest BCUT2D eigenvalue weighted by Gasteiger charge is 2.35. The molecule has 0 fully saturated rings. The first-order chi connectivity index (χ1) is 25.5. The first kappa shape index (κ1) is 32.5. The van der Waals surface area contributed by atoms with Crippen LogP contribution in [0.15, 0.2) is 164 Å². The molecular formula is C50H39N3. The van der Waals surface area contributed by atoms with Crippen molar-refractivity contribution in [2.45, 2.75) is 33.1 Å². The van der Waals surface area contributed by atoms with Crippen LogP contribution < -0.4 is 0 Å². The molecule has 7 aromatic carbocycles. The van der Waals surface area contributed by atoms with E-state index in [1.807, 2.05) is 18.2 Å². The zero-order chi connectivity index (χ0) is 34.8. The van der Waals surface area contributed by atoms with Gasteiger partial charge in [0.05, 0.1) is 0 Å². The second-order valence-corrected chi connectivity index (χ2v) is 14.4. The fourth-order valence-electron chi connectivity index (χ4n) is 8.39. The lowest BCUT2D eigenvalue weighted by Gasteiger charge is -2.21. The van der Waals surface area contributed by atoms with Gasteiger partial charge in [-0.25, -0.2) is 15.0 Å². The average Bonchev–Trinajstić information content (AvgIpc) is 3.70. The Morgan fingerprint density at radius 3 is 1.55 bits per heavy atom. The second kappa shape index (κ2) is 12.6. The predicted molar refractivity (Wildman–Crippen MR) is 220 cm³/mol. The van der Waals surface area contributed by atoms with Gasteiger partial charge in [0.2, 0.25) is 0 Å². The van der Waals surface area contributed by atoms with Gasteiger partial charge in [0, 0.05) is 28.5 Å². The predicted octanol–water partition coefficient (Wildman–Crippen LogP) is 12.7. The first-order valence-corrected chi connectivity index (χ1v) is 18.0. The number of hydrogen-bond acceptors (Lipinski definition) is 3. The van der Waals surface area contributed by atoms with Gasteiger partial charge in [-0.2, -0.15) is 0 Å². The Bertz CT molecular complexity index is 2660. The summed E-state index contributed by atoms with van der Waals surface area (Å²) in [6, 6.07) is 58.5. The Labute approximate surface area is 311 Å². The molecule has 53 heavy (non-hydrogen) atoms. The molecule has 0 atom stereocenters. The lowest BCUT2D eigenvalue weighted by atomic mass is 9.82. The van der Waals surface area contributed by atoms with Crippen molar-refractivity contribution in [3.63, 3.8) is 0 Å². The summed E-state index contributed by atoms with van der Waals surface area (Å²) >= 11 is 0. The minimum atomic E-state index is -0.0632. The molecule has 0 amide bonds. The van der Waals surface area contributed by atoms with Crippen LogP contribution in [0.1, 0.15) is 43.5 Å². The minimum Gasteiger partial charge on any atom is -0.208 e. The van der Waals surface area contributed by atoms with Crippen LogP contribution in [0.5, 0.6) is 0 Å². The summed E-state index contributed by atoms with van der Waals surface area (Å²) in [6.07, 6.45) is 0.809. The van der Waals surface area contributed by atoms with Gasteiger partial charge in [0.15, 0.2) is 17.5 Å². The number of benzene rings is 7. The number of fused-ring (bicyclic) bond motifs is 6. The first-order valence-electron chi connectivity index (χ1n) is 18.0. The molecular weight excluding hydrogens is 643 g/mol. The van der Waals surface area contributed by atoms with Crippen molar-refractivity contribution >= 4 is 0 Å². The normalized spacial score (nSPS) is 13.0. The lowest BCUT2D eigenvalue weighted by Crippen LogP contribution is -2.14. The number of aromatic nitrogens is 3. The highest BCUT2D eigenvalue weighted by Crippen LogP contribution is 2.50. The van der Waals surface area contributed by atoms with E-state index < -0.39 is 0 Å². The molecule has 2 aliphatic carbocycles. The van der Waals surface area contributed by atoms with Crippen LogP contribution in [0.25, 0.3) is 78.7 Å². The summed E-state index contributed by atoms with van der Waals surface area (Å²) < 4.78 is 0. The van der Waals surface area contributed by atoms with Crippen molar-refractivity contribution in [3.05, 3.63) is 186 Å². The van der Waals surface area contributed by atoms with Crippen LogP contribution in [-0.4, -0.2) is 15.0 Å². The number of nitrogens with zero attached hydrogens (tertiary/aromatic N) is 3. The molecule has 0 aliphatic heterocycles. The Balaban J connectivity index is 0.00000372. The largest absolute Gasteiger partial charge is 0.208 e. The Morgan fingerprint density at radius 1 is 0.358 bits per heavy atom. The molecule has 0 bridgehead atoms. The maximum atomic E-state index is 5.25. The van der Waals surface area contributed by atoms with Crippen LogP contribution >= 0.6 is 0 Å². The SMILES string of the molecule is C.CC1(C)c2ccccc2-c2cc(-c3nc(-c4ccccc4)nc(-c4cccc5c4Cc4c(-c6ccc(-c7ccccc7)cc6)cccc4-5)n3)ccc21. The molecule has 0 radical (unpaired) electrons. The quantitative estimate of drug-likeness (QED) is 0.181. The smallest absolute Gasteiger partial charge is 0.164 e. The third-order valence-electron chi connectivity index (χ3n) is 11.0. The summed E-state index contributed by atoms with van der Waals surface area (Å²) in [6.45, 7) is 4.62. The minimum absolute atomic E-state index is 0. The summed E-state index contributed by atoms with van der Waals surface area (Å²) in [7, 11) is 0. The van der Waals surface area contributed by atoms with Crippen molar-refractivity contribution in [2.75, 3.05) is 0 Å². The third-order valence-corrected chi connectivity index (χ3v) is 11.0. The molecule has 0 spiro atoms. The Morgan fingerprint density at radius 2 is 0.830 bits per heavy atom. The highest BCUT2D eigenvalue weighted by atomic mass is 15.0. The van der Waals surface area contributed by atoms with E-state index in [1.165, 1.54) is 66.8 Å². The molecule has 10 rings (SSSR count). The van der Waals surface area contributed by atoms with Crippen LogP contribution in [0.3, 0.4) is 0 Å². The number of hydrogen-bond donors (Lipinski definition) is 0. The van der Waals surface area contributed by atoms with E-state index in [4.69, 9.17) is 15.0 Å². The van der Waals surface area contributed by atoms with Crippen molar-refractivity contribution in [2.24, 2.45) is 0 Å². The van der Waals surface area contributed by atoms with E-state index in [9.17, 15) is 0 Å². The number of rotatable bonds is 5. The molecule has 8 aromatic rings. The van der Waals surface area contributed by atoms with Crippen LogP contribution in [0.2, 0.25) is 0 Å².